The van der Waals surface area contributed by atoms with Crippen LogP contribution in [-0.2, 0) is 12.6 Å². The van der Waals surface area contributed by atoms with E-state index < -0.39 is 16.9 Å². The number of nitrogens with zero attached hydrogens (tertiary/aromatic N) is 3. The van der Waals surface area contributed by atoms with Crippen LogP contribution in [0.2, 0.25) is 0 Å². The number of aromatic nitrogens is 3. The van der Waals surface area contributed by atoms with Crippen LogP contribution < -0.4 is 17.2 Å². The SMILES string of the molecule is Cn1c(=S)n(N)c(=O)n(C(C)(C)C)c1=O. The molecule has 0 aliphatic rings. The molecule has 0 bridgehead atoms. The maximum Gasteiger partial charge on any atom is 0.353 e. The van der Waals surface area contributed by atoms with Gasteiger partial charge in [-0.15, -0.1) is 0 Å². The zero-order valence-corrected chi connectivity index (χ0v) is 9.96. The largest absolute Gasteiger partial charge is 0.353 e. The first-order chi connectivity index (χ1) is 6.68. The van der Waals surface area contributed by atoms with Crippen molar-refractivity contribution in [2.75, 3.05) is 5.84 Å². The van der Waals surface area contributed by atoms with Crippen LogP contribution in [-0.4, -0.2) is 13.8 Å². The molecule has 7 heteroatoms. The van der Waals surface area contributed by atoms with E-state index in [4.69, 9.17) is 18.1 Å². The molecule has 0 amide bonds. The van der Waals surface area contributed by atoms with Crippen LogP contribution in [0, 0.1) is 4.77 Å². The highest BCUT2D eigenvalue weighted by Crippen LogP contribution is 2.06. The summed E-state index contributed by atoms with van der Waals surface area (Å²) in [5, 5.41) is 0. The molecule has 2 N–H and O–H groups in total. The van der Waals surface area contributed by atoms with Crippen molar-refractivity contribution in [2.24, 2.45) is 7.05 Å². The van der Waals surface area contributed by atoms with E-state index >= 15 is 0 Å². The van der Waals surface area contributed by atoms with Crippen LogP contribution in [0.3, 0.4) is 0 Å². The fraction of sp³-hybridized carbons (Fsp3) is 0.625. The Bertz CT molecular complexity index is 518. The van der Waals surface area contributed by atoms with Gasteiger partial charge >= 0.3 is 11.4 Å². The molecule has 0 unspecified atom stereocenters. The standard InChI is InChI=1S/C8H14N4O2S/c1-8(2,3)11-5(13)10(4)7(15)12(9)6(11)14/h9H2,1-4H3. The number of hydrogen-bond donors (Lipinski definition) is 1. The average molecular weight is 230 g/mol. The van der Waals surface area contributed by atoms with Crippen LogP contribution in [0.5, 0.6) is 0 Å². The third-order valence-corrected chi connectivity index (χ3v) is 2.51. The van der Waals surface area contributed by atoms with E-state index in [1.165, 1.54) is 11.6 Å². The number of hydrogen-bond acceptors (Lipinski definition) is 4. The molecule has 0 fully saturated rings. The van der Waals surface area contributed by atoms with Crippen LogP contribution in [0.1, 0.15) is 20.8 Å². The number of nitrogens with two attached hydrogens (primary N) is 1. The van der Waals surface area contributed by atoms with Gasteiger partial charge in [0.2, 0.25) is 4.77 Å². The van der Waals surface area contributed by atoms with Crippen LogP contribution in [0.15, 0.2) is 9.59 Å². The molecule has 1 aromatic rings. The molecular formula is C8H14N4O2S. The first-order valence-electron chi connectivity index (χ1n) is 4.38. The van der Waals surface area contributed by atoms with Gasteiger partial charge in [0.15, 0.2) is 0 Å². The molecule has 15 heavy (non-hydrogen) atoms. The highest BCUT2D eigenvalue weighted by Gasteiger charge is 2.20. The fourth-order valence-electron chi connectivity index (χ4n) is 1.24. The third kappa shape index (κ3) is 1.74. The summed E-state index contributed by atoms with van der Waals surface area (Å²) in [5.41, 5.74) is -1.69. The minimum Gasteiger partial charge on any atom is -0.333 e. The van der Waals surface area contributed by atoms with Crippen LogP contribution in [0.25, 0.3) is 0 Å². The van der Waals surface area contributed by atoms with E-state index in [1.807, 2.05) is 0 Å². The van der Waals surface area contributed by atoms with Crippen molar-refractivity contribution in [1.82, 2.24) is 13.8 Å². The van der Waals surface area contributed by atoms with Gasteiger partial charge in [-0.05, 0) is 33.0 Å². The Hall–Kier alpha value is -1.37. The molecule has 0 aliphatic heterocycles. The van der Waals surface area contributed by atoms with Crippen molar-refractivity contribution in [2.45, 2.75) is 26.3 Å². The Morgan fingerprint density at radius 3 is 2.07 bits per heavy atom. The zero-order chi connectivity index (χ0) is 12.0. The average Bonchev–Trinajstić information content (AvgIpc) is 2.09. The number of nitrogen functional groups attached to an aromatic ring is 1. The Labute approximate surface area is 91.5 Å². The maximum absolute atomic E-state index is 11.8. The van der Waals surface area contributed by atoms with Crippen molar-refractivity contribution in [3.63, 3.8) is 0 Å². The molecule has 0 aromatic carbocycles. The van der Waals surface area contributed by atoms with Gasteiger partial charge in [-0.1, -0.05) is 0 Å². The number of rotatable bonds is 0. The summed E-state index contributed by atoms with van der Waals surface area (Å²) in [5.74, 6) is 5.47. The molecule has 84 valence electrons. The summed E-state index contributed by atoms with van der Waals surface area (Å²) in [7, 11) is 1.48. The summed E-state index contributed by atoms with van der Waals surface area (Å²) in [6.07, 6.45) is 0. The van der Waals surface area contributed by atoms with E-state index in [0.29, 0.717) is 0 Å². The molecule has 1 rings (SSSR count). The van der Waals surface area contributed by atoms with Gasteiger partial charge in [-0.3, -0.25) is 4.57 Å². The lowest BCUT2D eigenvalue weighted by Gasteiger charge is -2.22. The van der Waals surface area contributed by atoms with Gasteiger partial charge in [-0.25, -0.2) is 14.2 Å². The van der Waals surface area contributed by atoms with E-state index in [9.17, 15) is 9.59 Å². The second-order valence-corrected chi connectivity index (χ2v) is 4.65. The molecule has 6 nitrogen and oxygen atoms in total. The highest BCUT2D eigenvalue weighted by atomic mass is 32.1. The lowest BCUT2D eigenvalue weighted by Crippen LogP contribution is -2.53. The summed E-state index contributed by atoms with van der Waals surface area (Å²) in [6, 6.07) is 0. The predicted octanol–water partition coefficient (Wildman–Crippen LogP) is -0.453. The second kappa shape index (κ2) is 3.34. The lowest BCUT2D eigenvalue weighted by atomic mass is 10.1. The fourth-order valence-corrected chi connectivity index (χ4v) is 1.39. The molecule has 0 saturated carbocycles. The van der Waals surface area contributed by atoms with Crippen LogP contribution in [0.4, 0.5) is 0 Å². The summed E-state index contributed by atoms with van der Waals surface area (Å²) in [4.78, 5) is 23.5. The normalized spacial score (nSPS) is 11.7. The monoisotopic (exact) mass is 230 g/mol. The Morgan fingerprint density at radius 2 is 1.67 bits per heavy atom. The molecule has 0 spiro atoms. The topological polar surface area (TPSA) is 74.9 Å². The molecule has 0 saturated heterocycles. The van der Waals surface area contributed by atoms with Crippen LogP contribution >= 0.6 is 12.2 Å². The van der Waals surface area contributed by atoms with Gasteiger partial charge in [0.05, 0.1) is 0 Å². The molecule has 1 aromatic heterocycles. The van der Waals surface area contributed by atoms with Crippen molar-refractivity contribution in [3.05, 3.63) is 25.7 Å². The lowest BCUT2D eigenvalue weighted by molar-refractivity contribution is 0.338. The molecular weight excluding hydrogens is 216 g/mol. The van der Waals surface area contributed by atoms with Gasteiger partial charge in [0.25, 0.3) is 0 Å². The minimum atomic E-state index is -0.629. The van der Waals surface area contributed by atoms with Crippen molar-refractivity contribution in [3.8, 4) is 0 Å². The Balaban J connectivity index is 3.95. The van der Waals surface area contributed by atoms with E-state index in [0.717, 1.165) is 9.24 Å². The first kappa shape index (κ1) is 11.7. The van der Waals surface area contributed by atoms with Gasteiger partial charge in [0.1, 0.15) is 0 Å². The van der Waals surface area contributed by atoms with Gasteiger partial charge in [0, 0.05) is 12.6 Å². The molecule has 0 radical (unpaired) electrons. The molecule has 0 atom stereocenters. The summed E-state index contributed by atoms with van der Waals surface area (Å²) in [6.45, 7) is 5.25. The minimum absolute atomic E-state index is 0.00509. The second-order valence-electron chi connectivity index (χ2n) is 4.28. The van der Waals surface area contributed by atoms with E-state index in [-0.39, 0.29) is 4.77 Å². The highest BCUT2D eigenvalue weighted by molar-refractivity contribution is 7.71. The Morgan fingerprint density at radius 1 is 1.20 bits per heavy atom. The molecule has 0 aliphatic carbocycles. The van der Waals surface area contributed by atoms with E-state index in [1.54, 1.807) is 20.8 Å². The zero-order valence-electron chi connectivity index (χ0n) is 9.14. The van der Waals surface area contributed by atoms with Crippen molar-refractivity contribution >= 4 is 12.2 Å². The first-order valence-corrected chi connectivity index (χ1v) is 4.79. The van der Waals surface area contributed by atoms with Gasteiger partial charge in [-0.2, -0.15) is 4.68 Å². The van der Waals surface area contributed by atoms with Crippen molar-refractivity contribution in [1.29, 1.82) is 0 Å². The summed E-state index contributed by atoms with van der Waals surface area (Å²) >= 11 is 4.84. The maximum atomic E-state index is 11.8. The third-order valence-electron chi connectivity index (χ3n) is 2.04. The van der Waals surface area contributed by atoms with Gasteiger partial charge < -0.3 is 5.84 Å². The predicted molar refractivity (Wildman–Crippen MR) is 59.9 cm³/mol. The summed E-state index contributed by atoms with van der Waals surface area (Å²) < 4.78 is 3.04. The quantitative estimate of drug-likeness (QED) is 0.484. The Kier molecular flexibility index (Phi) is 2.60. The smallest absolute Gasteiger partial charge is 0.333 e. The van der Waals surface area contributed by atoms with E-state index in [2.05, 4.69) is 0 Å². The molecule has 1 heterocycles. The van der Waals surface area contributed by atoms with Crippen molar-refractivity contribution < 1.29 is 0 Å².